The van der Waals surface area contributed by atoms with Crippen LogP contribution in [0.2, 0.25) is 0 Å². The molecule has 14 heteroatoms. The Kier molecular flexibility index (Phi) is 9.23. The third-order valence-electron chi connectivity index (χ3n) is 6.81. The van der Waals surface area contributed by atoms with Crippen LogP contribution in [0.25, 0.3) is 0 Å². The van der Waals surface area contributed by atoms with Gasteiger partial charge in [0.2, 0.25) is 0 Å². The summed E-state index contributed by atoms with van der Waals surface area (Å²) < 4.78 is 31.7. The van der Waals surface area contributed by atoms with Crippen LogP contribution in [-0.2, 0) is 18.6 Å². The molecular weight excluding hydrogens is 533 g/mol. The lowest BCUT2D eigenvalue weighted by molar-refractivity contribution is -0.146. The summed E-state index contributed by atoms with van der Waals surface area (Å²) in [7, 11) is -4.51. The highest BCUT2D eigenvalue weighted by atomic mass is 31.2. The number of nitrogens with zero attached hydrogens (tertiary/aromatic N) is 1. The molecule has 0 spiro atoms. The summed E-state index contributed by atoms with van der Waals surface area (Å²) in [6.07, 6.45) is 2.43. The molecule has 1 aliphatic heterocycles. The van der Waals surface area contributed by atoms with Gasteiger partial charge in [-0.2, -0.15) is 5.09 Å². The number of aliphatic carboxylic acids is 1. The zero-order valence-corrected chi connectivity index (χ0v) is 22.5. The Balaban J connectivity index is 1.94. The summed E-state index contributed by atoms with van der Waals surface area (Å²) in [6.45, 7) is 4.26. The van der Waals surface area contributed by atoms with Crippen LogP contribution in [0.4, 0.5) is 0 Å². The van der Waals surface area contributed by atoms with Crippen LogP contribution >= 0.6 is 7.75 Å². The fourth-order valence-electron chi connectivity index (χ4n) is 4.53. The van der Waals surface area contributed by atoms with E-state index in [0.717, 1.165) is 16.8 Å². The van der Waals surface area contributed by atoms with Gasteiger partial charge in [-0.25, -0.2) is 9.36 Å². The van der Waals surface area contributed by atoms with E-state index in [9.17, 15) is 34.3 Å². The maximum Gasteiger partial charge on any atom is 0.459 e. The highest BCUT2D eigenvalue weighted by Gasteiger charge is 2.57. The third-order valence-corrected chi connectivity index (χ3v) is 8.49. The van der Waals surface area contributed by atoms with Gasteiger partial charge < -0.3 is 24.6 Å². The van der Waals surface area contributed by atoms with Crippen molar-refractivity contribution in [2.24, 2.45) is 5.92 Å². The quantitative estimate of drug-likeness (QED) is 0.184. The van der Waals surface area contributed by atoms with Gasteiger partial charge in [-0.05, 0) is 25.0 Å². The first kappa shape index (κ1) is 30.3. The maximum absolute atomic E-state index is 14.0. The number of benzene rings is 1. The minimum Gasteiger partial charge on any atom is -0.480 e. The zero-order chi connectivity index (χ0) is 29.0. The zero-order valence-electron chi connectivity index (χ0n) is 21.6. The van der Waals surface area contributed by atoms with Crippen LogP contribution in [-0.4, -0.2) is 60.8 Å². The topological polar surface area (TPSA) is 189 Å². The Morgan fingerprint density at radius 3 is 2.49 bits per heavy atom. The second kappa shape index (κ2) is 11.9. The summed E-state index contributed by atoms with van der Waals surface area (Å²) in [4.78, 5) is 38.1. The van der Waals surface area contributed by atoms with Gasteiger partial charge in [-0.1, -0.05) is 50.8 Å². The van der Waals surface area contributed by atoms with Gasteiger partial charge >= 0.3 is 19.4 Å². The number of carbonyl (C=O) groups is 1. The minimum atomic E-state index is -4.51. The number of H-pyrrole nitrogens is 1. The largest absolute Gasteiger partial charge is 0.480 e. The Morgan fingerprint density at radius 2 is 1.95 bits per heavy atom. The fraction of sp³-hybridized carbons (Fsp3) is 0.480. The predicted octanol–water partition coefficient (Wildman–Crippen LogP) is 1.23. The molecule has 0 radical (unpaired) electrons. The second-order valence-corrected chi connectivity index (χ2v) is 10.9. The number of hydrogen-bond donors (Lipinski definition) is 5. The van der Waals surface area contributed by atoms with Crippen molar-refractivity contribution in [1.82, 2.24) is 14.6 Å². The molecule has 1 aliphatic rings. The molecule has 1 aromatic carbocycles. The molecule has 1 saturated heterocycles. The van der Waals surface area contributed by atoms with E-state index in [1.165, 1.54) is 19.1 Å². The van der Waals surface area contributed by atoms with Gasteiger partial charge in [0.25, 0.3) is 5.56 Å². The average molecular weight is 566 g/mol. The van der Waals surface area contributed by atoms with Crippen molar-refractivity contribution in [3.63, 3.8) is 0 Å². The van der Waals surface area contributed by atoms with E-state index in [1.54, 1.807) is 32.0 Å². The molecule has 0 bridgehead atoms. The first-order valence-corrected chi connectivity index (χ1v) is 13.7. The number of carboxylic acid groups (broad SMARTS) is 1. The molecule has 13 nitrogen and oxygen atoms in total. The van der Waals surface area contributed by atoms with Crippen molar-refractivity contribution in [2.75, 3.05) is 6.61 Å². The summed E-state index contributed by atoms with van der Waals surface area (Å²) in [5.74, 6) is 0.364. The minimum absolute atomic E-state index is 0.108. The lowest BCUT2D eigenvalue weighted by atomic mass is 9.83. The lowest BCUT2D eigenvalue weighted by Crippen LogP contribution is -2.54. The van der Waals surface area contributed by atoms with E-state index in [-0.39, 0.29) is 5.75 Å². The fourth-order valence-corrected chi connectivity index (χ4v) is 6.28. The van der Waals surface area contributed by atoms with E-state index in [2.05, 4.69) is 5.09 Å². The molecular formula is C25H32N3O10P. The Bertz CT molecular complexity index is 1370. The number of nitrogens with one attached hydrogen (secondary N) is 2. The standard InChI is InChI=1S/C25H32N3O10P/c1-5-16(6-2)24(4,22(31)32)27-39(35,38-17-11-9-8-10-12-17)36-15-18-20(30)25(34,7-3)21(37-18)28-14-13-19(29)26-23(28)33/h3,8-14,16,18,20-21,30,34H,5-6,15H2,1-2,4H3,(H,27,35)(H,31,32)(H,26,29,33)/t18-,20-,21-,24+,25-,39?/m1/s1. The average Bonchev–Trinajstić information content (AvgIpc) is 3.14. The molecule has 212 valence electrons. The van der Waals surface area contributed by atoms with Crippen LogP contribution in [0.1, 0.15) is 39.8 Å². The Morgan fingerprint density at radius 1 is 1.31 bits per heavy atom. The molecule has 1 unspecified atom stereocenters. The molecule has 0 saturated carbocycles. The maximum atomic E-state index is 14.0. The monoisotopic (exact) mass is 565 g/mol. The molecule has 2 aromatic rings. The highest BCUT2D eigenvalue weighted by Crippen LogP contribution is 2.49. The molecule has 0 amide bonds. The molecule has 5 N–H and O–H groups in total. The van der Waals surface area contributed by atoms with Gasteiger partial charge in [0.1, 0.15) is 23.5 Å². The van der Waals surface area contributed by atoms with Crippen molar-refractivity contribution < 1.29 is 38.5 Å². The number of terminal acetylenes is 1. The van der Waals surface area contributed by atoms with Crippen molar-refractivity contribution in [3.8, 4) is 18.1 Å². The van der Waals surface area contributed by atoms with E-state index in [1.807, 2.05) is 10.9 Å². The number of aromatic nitrogens is 2. The van der Waals surface area contributed by atoms with E-state index < -0.39 is 67.1 Å². The second-order valence-electron chi connectivity index (χ2n) is 9.29. The molecule has 1 fully saturated rings. The van der Waals surface area contributed by atoms with Crippen molar-refractivity contribution in [2.45, 2.75) is 63.2 Å². The van der Waals surface area contributed by atoms with Gasteiger partial charge in [-0.3, -0.25) is 23.7 Å². The SMILES string of the molecule is C#C[C@@]1(O)[C@H](O)[C@@H](COP(=O)(N[C@](C)(C(=O)O)C(CC)CC)Oc2ccccc2)O[C@H]1n1ccc(=O)[nH]c1=O. The van der Waals surface area contributed by atoms with Crippen LogP contribution in [0.15, 0.2) is 52.2 Å². The van der Waals surface area contributed by atoms with Crippen molar-refractivity contribution >= 4 is 13.7 Å². The van der Waals surface area contributed by atoms with Gasteiger partial charge in [0.15, 0.2) is 11.8 Å². The third kappa shape index (κ3) is 6.17. The summed E-state index contributed by atoms with van der Waals surface area (Å²) in [6, 6.07) is 8.89. The molecule has 2 heterocycles. The molecule has 6 atom stereocenters. The normalized spacial score (nSPS) is 25.9. The van der Waals surface area contributed by atoms with Crippen LogP contribution < -0.4 is 20.9 Å². The number of rotatable bonds is 12. The summed E-state index contributed by atoms with van der Waals surface area (Å²) in [5, 5.41) is 34.4. The Hall–Kier alpha value is -3.24. The first-order valence-electron chi connectivity index (χ1n) is 12.2. The highest BCUT2D eigenvalue weighted by molar-refractivity contribution is 7.52. The summed E-state index contributed by atoms with van der Waals surface area (Å²) >= 11 is 0. The van der Waals surface area contributed by atoms with Gasteiger partial charge in [0, 0.05) is 12.3 Å². The smallest absolute Gasteiger partial charge is 0.459 e. The van der Waals surface area contributed by atoms with E-state index in [0.29, 0.717) is 12.8 Å². The first-order chi connectivity index (χ1) is 18.3. The van der Waals surface area contributed by atoms with Crippen LogP contribution in [0, 0.1) is 18.3 Å². The Labute approximate surface area is 224 Å². The number of para-hydroxylation sites is 1. The summed E-state index contributed by atoms with van der Waals surface area (Å²) in [5.41, 5.74) is -5.85. The van der Waals surface area contributed by atoms with Crippen LogP contribution in [0.3, 0.4) is 0 Å². The number of ether oxygens (including phenoxy) is 1. The van der Waals surface area contributed by atoms with Crippen molar-refractivity contribution in [1.29, 1.82) is 0 Å². The number of carboxylic acids is 1. The van der Waals surface area contributed by atoms with Crippen molar-refractivity contribution in [3.05, 3.63) is 63.4 Å². The lowest BCUT2D eigenvalue weighted by Gasteiger charge is -2.36. The molecule has 39 heavy (non-hydrogen) atoms. The molecule has 0 aliphatic carbocycles. The predicted molar refractivity (Wildman–Crippen MR) is 139 cm³/mol. The number of aromatic amines is 1. The number of aliphatic hydroxyl groups is 2. The van der Waals surface area contributed by atoms with Gasteiger partial charge in [-0.15, -0.1) is 6.42 Å². The van der Waals surface area contributed by atoms with Crippen LogP contribution in [0.5, 0.6) is 5.75 Å². The van der Waals surface area contributed by atoms with E-state index >= 15 is 0 Å². The number of aliphatic hydroxyl groups excluding tert-OH is 1. The van der Waals surface area contributed by atoms with Gasteiger partial charge in [0.05, 0.1) is 6.61 Å². The van der Waals surface area contributed by atoms with E-state index in [4.69, 9.17) is 20.2 Å². The molecule has 3 rings (SSSR count). The number of hydrogen-bond acceptors (Lipinski definition) is 9. The molecule has 1 aromatic heterocycles.